The zero-order valence-electron chi connectivity index (χ0n) is 15.2. The van der Waals surface area contributed by atoms with E-state index in [1.807, 2.05) is 6.92 Å². The first kappa shape index (κ1) is 18.1. The minimum atomic E-state index is -0.564. The van der Waals surface area contributed by atoms with Gasteiger partial charge in [-0.05, 0) is 51.3 Å². The predicted molar refractivity (Wildman–Crippen MR) is 97.1 cm³/mol. The van der Waals surface area contributed by atoms with Crippen molar-refractivity contribution in [2.75, 3.05) is 19.7 Å². The first-order valence-corrected chi connectivity index (χ1v) is 8.97. The number of hydrogen-bond donors (Lipinski definition) is 0. The van der Waals surface area contributed by atoms with Crippen molar-refractivity contribution < 1.29 is 14.3 Å². The van der Waals surface area contributed by atoms with Crippen molar-refractivity contribution in [3.05, 3.63) is 39.8 Å². The molecule has 0 bridgehead atoms. The highest BCUT2D eigenvalue weighted by Crippen LogP contribution is 2.15. The fourth-order valence-electron chi connectivity index (χ4n) is 3.26. The molecule has 1 fully saturated rings. The molecule has 0 aliphatic carbocycles. The van der Waals surface area contributed by atoms with Crippen LogP contribution in [0.3, 0.4) is 0 Å². The quantitative estimate of drug-likeness (QED) is 0.781. The van der Waals surface area contributed by atoms with Gasteiger partial charge in [-0.2, -0.15) is 0 Å². The van der Waals surface area contributed by atoms with Crippen LogP contribution in [-0.2, 0) is 16.1 Å². The summed E-state index contributed by atoms with van der Waals surface area (Å²) in [7, 11) is 0. The monoisotopic (exact) mass is 357 g/mol. The Hall–Kier alpha value is -2.70. The van der Waals surface area contributed by atoms with E-state index in [4.69, 9.17) is 4.74 Å². The third-order valence-electron chi connectivity index (χ3n) is 4.70. The number of nitrogens with zero attached hydrogens (tertiary/aromatic N) is 3. The molecule has 1 aromatic carbocycles. The number of likely N-dealkylation sites (tertiary alicyclic amines) is 1. The lowest BCUT2D eigenvalue weighted by Gasteiger charge is -2.26. The summed E-state index contributed by atoms with van der Waals surface area (Å²) in [4.78, 5) is 42.5. The van der Waals surface area contributed by atoms with Gasteiger partial charge in [0.25, 0.3) is 11.5 Å². The second-order valence-corrected chi connectivity index (χ2v) is 6.47. The van der Waals surface area contributed by atoms with Gasteiger partial charge in [0, 0.05) is 19.6 Å². The predicted octanol–water partition coefficient (Wildman–Crippen LogP) is 1.89. The van der Waals surface area contributed by atoms with Crippen molar-refractivity contribution in [3.63, 3.8) is 0 Å². The van der Waals surface area contributed by atoms with E-state index in [0.29, 0.717) is 28.8 Å². The summed E-state index contributed by atoms with van der Waals surface area (Å²) in [6.45, 7) is 5.25. The third-order valence-corrected chi connectivity index (χ3v) is 4.70. The minimum absolute atomic E-state index is 0.137. The number of fused-ring (bicyclic) bond motifs is 1. The second-order valence-electron chi connectivity index (χ2n) is 6.47. The van der Waals surface area contributed by atoms with Crippen LogP contribution in [0.5, 0.6) is 0 Å². The van der Waals surface area contributed by atoms with E-state index in [1.54, 1.807) is 34.6 Å². The van der Waals surface area contributed by atoms with Gasteiger partial charge in [-0.1, -0.05) is 0 Å². The summed E-state index contributed by atoms with van der Waals surface area (Å²) >= 11 is 0. The van der Waals surface area contributed by atoms with Crippen LogP contribution in [0.25, 0.3) is 11.0 Å². The molecule has 2 heterocycles. The summed E-state index contributed by atoms with van der Waals surface area (Å²) in [5, 5.41) is 0. The number of benzene rings is 1. The summed E-state index contributed by atoms with van der Waals surface area (Å²) in [6.07, 6.45) is 3.12. The maximum Gasteiger partial charge on any atom is 0.338 e. The molecule has 138 valence electrons. The standard InChI is InChI=1S/C19H23N3O4/c1-3-22-16-8-7-14(11-15(16)20-13(2)18(22)24)19(25)26-12-17(23)21-9-5-4-6-10-21/h7-8,11H,3-6,9-10,12H2,1-2H3. The number of aryl methyl sites for hydroxylation is 2. The Bertz CT molecular complexity index is 898. The Morgan fingerprint density at radius 3 is 2.62 bits per heavy atom. The van der Waals surface area contributed by atoms with Crippen LogP contribution in [0.4, 0.5) is 0 Å². The van der Waals surface area contributed by atoms with E-state index in [9.17, 15) is 14.4 Å². The van der Waals surface area contributed by atoms with Gasteiger partial charge in [-0.25, -0.2) is 9.78 Å². The average molecular weight is 357 g/mol. The molecule has 1 aliphatic rings. The first-order valence-electron chi connectivity index (χ1n) is 8.97. The van der Waals surface area contributed by atoms with E-state index >= 15 is 0 Å². The number of esters is 1. The van der Waals surface area contributed by atoms with E-state index < -0.39 is 5.97 Å². The van der Waals surface area contributed by atoms with Crippen LogP contribution >= 0.6 is 0 Å². The summed E-state index contributed by atoms with van der Waals surface area (Å²) in [5.74, 6) is -0.724. The molecule has 1 aromatic heterocycles. The average Bonchev–Trinajstić information content (AvgIpc) is 2.67. The summed E-state index contributed by atoms with van der Waals surface area (Å²) < 4.78 is 6.79. The lowest BCUT2D eigenvalue weighted by Crippen LogP contribution is -2.38. The summed E-state index contributed by atoms with van der Waals surface area (Å²) in [5.41, 5.74) is 1.79. The molecule has 1 aliphatic heterocycles. The molecule has 1 saturated heterocycles. The van der Waals surface area contributed by atoms with Gasteiger partial charge in [0.1, 0.15) is 5.69 Å². The lowest BCUT2D eigenvalue weighted by molar-refractivity contribution is -0.135. The topological polar surface area (TPSA) is 81.5 Å². The Labute approximate surface area is 151 Å². The molecule has 7 heteroatoms. The van der Waals surface area contributed by atoms with Crippen LogP contribution in [-0.4, -0.2) is 46.0 Å². The molecule has 0 spiro atoms. The Kier molecular flexibility index (Phi) is 5.35. The van der Waals surface area contributed by atoms with Gasteiger partial charge in [-0.3, -0.25) is 9.59 Å². The van der Waals surface area contributed by atoms with Gasteiger partial charge in [0.05, 0.1) is 16.6 Å². The molecule has 0 unspecified atom stereocenters. The van der Waals surface area contributed by atoms with Gasteiger partial charge in [-0.15, -0.1) is 0 Å². The molecule has 26 heavy (non-hydrogen) atoms. The first-order chi connectivity index (χ1) is 12.5. The van der Waals surface area contributed by atoms with Crippen molar-refractivity contribution >= 4 is 22.9 Å². The molecule has 0 N–H and O–H groups in total. The smallest absolute Gasteiger partial charge is 0.338 e. The van der Waals surface area contributed by atoms with Gasteiger partial charge in [0.15, 0.2) is 6.61 Å². The number of hydrogen-bond acceptors (Lipinski definition) is 5. The van der Waals surface area contributed by atoms with Gasteiger partial charge in [0.2, 0.25) is 0 Å². The molecule has 2 aromatic rings. The van der Waals surface area contributed by atoms with Crippen LogP contribution in [0, 0.1) is 6.92 Å². The normalized spacial score (nSPS) is 14.5. The zero-order valence-corrected chi connectivity index (χ0v) is 15.2. The van der Waals surface area contributed by atoms with Crippen molar-refractivity contribution in [3.8, 4) is 0 Å². The van der Waals surface area contributed by atoms with Crippen molar-refractivity contribution in [1.82, 2.24) is 14.5 Å². The third kappa shape index (κ3) is 3.61. The number of ether oxygens (including phenoxy) is 1. The molecule has 1 amide bonds. The maximum absolute atomic E-state index is 12.3. The zero-order chi connectivity index (χ0) is 18.7. The Morgan fingerprint density at radius 2 is 1.92 bits per heavy atom. The molecule has 7 nitrogen and oxygen atoms in total. The van der Waals surface area contributed by atoms with Crippen molar-refractivity contribution in [2.45, 2.75) is 39.7 Å². The van der Waals surface area contributed by atoms with E-state index in [1.165, 1.54) is 0 Å². The lowest BCUT2D eigenvalue weighted by atomic mass is 10.1. The highest BCUT2D eigenvalue weighted by atomic mass is 16.5. The molecular weight excluding hydrogens is 334 g/mol. The number of carbonyl (C=O) groups excluding carboxylic acids is 2. The van der Waals surface area contributed by atoms with Crippen molar-refractivity contribution in [1.29, 1.82) is 0 Å². The number of amides is 1. The minimum Gasteiger partial charge on any atom is -0.452 e. The summed E-state index contributed by atoms with van der Waals surface area (Å²) in [6, 6.07) is 4.88. The molecule has 0 atom stereocenters. The van der Waals surface area contributed by atoms with E-state index in [2.05, 4.69) is 4.98 Å². The molecular formula is C19H23N3O4. The van der Waals surface area contributed by atoms with Crippen LogP contribution < -0.4 is 5.56 Å². The number of aromatic nitrogens is 2. The Morgan fingerprint density at radius 1 is 1.19 bits per heavy atom. The highest BCUT2D eigenvalue weighted by molar-refractivity contribution is 5.94. The fraction of sp³-hybridized carbons (Fsp3) is 0.474. The van der Waals surface area contributed by atoms with E-state index in [0.717, 1.165) is 32.4 Å². The number of carbonyl (C=O) groups is 2. The largest absolute Gasteiger partial charge is 0.452 e. The molecule has 0 saturated carbocycles. The molecule has 3 rings (SSSR count). The fourth-order valence-corrected chi connectivity index (χ4v) is 3.26. The van der Waals surface area contributed by atoms with Crippen molar-refractivity contribution in [2.24, 2.45) is 0 Å². The highest BCUT2D eigenvalue weighted by Gasteiger charge is 2.19. The van der Waals surface area contributed by atoms with Crippen LogP contribution in [0.1, 0.15) is 42.2 Å². The van der Waals surface area contributed by atoms with E-state index in [-0.39, 0.29) is 18.1 Å². The van der Waals surface area contributed by atoms with Gasteiger partial charge < -0.3 is 14.2 Å². The molecule has 0 radical (unpaired) electrons. The van der Waals surface area contributed by atoms with Crippen LogP contribution in [0.15, 0.2) is 23.0 Å². The van der Waals surface area contributed by atoms with Gasteiger partial charge >= 0.3 is 5.97 Å². The number of rotatable bonds is 4. The second kappa shape index (κ2) is 7.68. The Balaban J connectivity index is 1.75. The number of piperidine rings is 1. The SMILES string of the molecule is CCn1c(=O)c(C)nc2cc(C(=O)OCC(=O)N3CCCCC3)ccc21. The maximum atomic E-state index is 12.3. The van der Waals surface area contributed by atoms with Crippen LogP contribution in [0.2, 0.25) is 0 Å².